The second-order valence-electron chi connectivity index (χ2n) is 8.07. The number of nitrogens with one attached hydrogen (secondary N) is 1. The summed E-state index contributed by atoms with van der Waals surface area (Å²) in [4.78, 5) is 12.5. The molecule has 158 valence electrons. The normalized spacial score (nSPS) is 15.3. The summed E-state index contributed by atoms with van der Waals surface area (Å²) in [6.07, 6.45) is 17.1. The molecule has 2 heterocycles. The summed E-state index contributed by atoms with van der Waals surface area (Å²) in [7, 11) is 0. The van der Waals surface area contributed by atoms with E-state index in [9.17, 15) is 4.79 Å². The Morgan fingerprint density at radius 3 is 2.38 bits per heavy atom. The van der Waals surface area contributed by atoms with E-state index in [2.05, 4.69) is 41.3 Å². The van der Waals surface area contributed by atoms with E-state index in [1.807, 2.05) is 24.3 Å². The number of hydrogen-bond donors (Lipinski definition) is 1. The van der Waals surface area contributed by atoms with Gasteiger partial charge in [0.2, 0.25) is 0 Å². The zero-order valence-electron chi connectivity index (χ0n) is 17.7. The molecule has 1 aromatic carbocycles. The lowest BCUT2D eigenvalue weighted by Gasteiger charge is -2.25. The molecule has 1 aliphatic rings. The van der Waals surface area contributed by atoms with Crippen LogP contribution in [0.1, 0.15) is 93.1 Å². The van der Waals surface area contributed by atoms with E-state index < -0.39 is 0 Å². The molecule has 1 N–H and O–H groups in total. The average molecular weight is 459 g/mol. The Labute approximate surface area is 186 Å². The van der Waals surface area contributed by atoms with Gasteiger partial charge in [0.1, 0.15) is 6.54 Å². The lowest BCUT2D eigenvalue weighted by molar-refractivity contribution is -0.697. The summed E-state index contributed by atoms with van der Waals surface area (Å²) in [5, 5.41) is 3.54. The molecule has 0 spiro atoms. The van der Waals surface area contributed by atoms with E-state index in [1.54, 1.807) is 0 Å². The monoisotopic (exact) mass is 458 g/mol. The Morgan fingerprint density at radius 2 is 1.62 bits per heavy atom. The fraction of sp³-hybridized carbons (Fsp3) is 0.520. The van der Waals surface area contributed by atoms with Gasteiger partial charge in [-0.25, -0.2) is 4.57 Å². The molecule has 0 fully saturated rings. The zero-order valence-corrected chi connectivity index (χ0v) is 19.3. The molecule has 1 aromatic heterocycles. The van der Waals surface area contributed by atoms with Crippen molar-refractivity contribution >= 4 is 11.5 Å². The molecule has 0 saturated carbocycles. The van der Waals surface area contributed by atoms with Crippen LogP contribution in [0.3, 0.4) is 0 Å². The summed E-state index contributed by atoms with van der Waals surface area (Å²) in [5.41, 5.74) is 2.97. The molecular formula is C25H35BrN2O. The second kappa shape index (κ2) is 12.8. The van der Waals surface area contributed by atoms with E-state index in [-0.39, 0.29) is 28.8 Å². The minimum Gasteiger partial charge on any atom is -1.00 e. The molecule has 3 rings (SSSR count). The van der Waals surface area contributed by atoms with Crippen molar-refractivity contribution in [1.82, 2.24) is 0 Å². The number of aryl methyl sites for hydroxylation is 1. The highest BCUT2D eigenvalue weighted by Crippen LogP contribution is 2.31. The van der Waals surface area contributed by atoms with Crippen LogP contribution in [0.5, 0.6) is 0 Å². The number of fused-ring (bicyclic) bond motifs is 1. The molecule has 4 heteroatoms. The standard InChI is InChI=1S/C25H34N2O.BrH/c1-2-3-4-5-6-7-8-9-12-17-27-18-13-14-21(20-27)24-19-25(28)22-15-10-11-16-23(22)26-24;/h10-11,13-16,18,20,24H,2-9,12,17,19H2,1H3;1H. The van der Waals surface area contributed by atoms with Gasteiger partial charge in [0.15, 0.2) is 18.2 Å². The van der Waals surface area contributed by atoms with Crippen molar-refractivity contribution < 1.29 is 26.3 Å². The first-order valence-corrected chi connectivity index (χ1v) is 11.2. The van der Waals surface area contributed by atoms with Crippen molar-refractivity contribution in [2.24, 2.45) is 0 Å². The molecule has 2 aromatic rings. The number of halogens is 1. The van der Waals surface area contributed by atoms with E-state index in [4.69, 9.17) is 0 Å². The van der Waals surface area contributed by atoms with Crippen LogP contribution in [0.2, 0.25) is 0 Å². The lowest BCUT2D eigenvalue weighted by Crippen LogP contribution is -3.00. The predicted molar refractivity (Wildman–Crippen MR) is 116 cm³/mol. The van der Waals surface area contributed by atoms with E-state index in [1.165, 1.54) is 63.4 Å². The first-order valence-electron chi connectivity index (χ1n) is 11.2. The largest absolute Gasteiger partial charge is 1.00 e. The summed E-state index contributed by atoms with van der Waals surface area (Å²) < 4.78 is 2.28. The fourth-order valence-corrected chi connectivity index (χ4v) is 4.08. The second-order valence-corrected chi connectivity index (χ2v) is 8.07. The minimum absolute atomic E-state index is 0. The summed E-state index contributed by atoms with van der Waals surface area (Å²) in [5.74, 6) is 0.230. The Kier molecular flexibility index (Phi) is 10.4. The first-order chi connectivity index (χ1) is 13.8. The average Bonchev–Trinajstić information content (AvgIpc) is 2.73. The molecule has 1 atom stereocenters. The topological polar surface area (TPSA) is 33.0 Å². The quantitative estimate of drug-likeness (QED) is 0.414. The number of pyridine rings is 1. The molecule has 0 saturated heterocycles. The third kappa shape index (κ3) is 7.26. The van der Waals surface area contributed by atoms with E-state index in [0.717, 1.165) is 17.8 Å². The maximum Gasteiger partial charge on any atom is 0.174 e. The number of ketones is 1. The Bertz CT molecular complexity index is 762. The van der Waals surface area contributed by atoms with Crippen LogP contribution in [-0.2, 0) is 6.54 Å². The van der Waals surface area contributed by atoms with Crippen molar-refractivity contribution in [3.8, 4) is 0 Å². The minimum atomic E-state index is 0. The van der Waals surface area contributed by atoms with Gasteiger partial charge in [-0.05, 0) is 24.6 Å². The smallest absolute Gasteiger partial charge is 0.174 e. The highest BCUT2D eigenvalue weighted by Gasteiger charge is 2.26. The lowest BCUT2D eigenvalue weighted by atomic mass is 9.93. The summed E-state index contributed by atoms with van der Waals surface area (Å²) in [6.45, 7) is 3.33. The highest BCUT2D eigenvalue weighted by atomic mass is 79.9. The van der Waals surface area contributed by atoms with Crippen LogP contribution < -0.4 is 26.9 Å². The number of nitrogens with zero attached hydrogens (tertiary/aromatic N) is 1. The van der Waals surface area contributed by atoms with Crippen molar-refractivity contribution in [2.75, 3.05) is 5.32 Å². The van der Waals surface area contributed by atoms with Gasteiger partial charge >= 0.3 is 0 Å². The number of aromatic nitrogens is 1. The predicted octanol–water partition coefficient (Wildman–Crippen LogP) is 3.25. The van der Waals surface area contributed by atoms with E-state index >= 15 is 0 Å². The van der Waals surface area contributed by atoms with Gasteiger partial charge in [-0.1, -0.05) is 64.0 Å². The molecule has 0 bridgehead atoms. The summed E-state index contributed by atoms with van der Waals surface area (Å²) >= 11 is 0. The number of anilines is 1. The maximum absolute atomic E-state index is 12.5. The van der Waals surface area contributed by atoms with Gasteiger partial charge in [-0.15, -0.1) is 0 Å². The Morgan fingerprint density at radius 1 is 0.931 bits per heavy atom. The highest BCUT2D eigenvalue weighted by molar-refractivity contribution is 6.03. The molecule has 1 aliphatic heterocycles. The van der Waals surface area contributed by atoms with Crippen molar-refractivity contribution in [1.29, 1.82) is 0 Å². The molecule has 0 radical (unpaired) electrons. The van der Waals surface area contributed by atoms with Gasteiger partial charge in [-0.3, -0.25) is 4.79 Å². The first kappa shape index (κ1) is 23.6. The van der Waals surface area contributed by atoms with Crippen LogP contribution in [-0.4, -0.2) is 5.78 Å². The van der Waals surface area contributed by atoms with Gasteiger partial charge in [0.25, 0.3) is 0 Å². The van der Waals surface area contributed by atoms with Crippen molar-refractivity contribution in [2.45, 2.75) is 83.7 Å². The van der Waals surface area contributed by atoms with Gasteiger partial charge < -0.3 is 22.3 Å². The van der Waals surface area contributed by atoms with Gasteiger partial charge in [0, 0.05) is 35.7 Å². The number of rotatable bonds is 11. The molecule has 1 unspecified atom stereocenters. The van der Waals surface area contributed by atoms with Crippen LogP contribution in [0.4, 0.5) is 5.69 Å². The maximum atomic E-state index is 12.5. The SMILES string of the molecule is CCCCCCCCCCC[n+]1cccc(C2CC(=O)c3ccccc3N2)c1.[Br-]. The van der Waals surface area contributed by atoms with Crippen LogP contribution in [0, 0.1) is 0 Å². The molecule has 0 amide bonds. The number of para-hydroxylation sites is 1. The number of benzene rings is 1. The Hall–Kier alpha value is -1.68. The summed E-state index contributed by atoms with van der Waals surface area (Å²) in [6, 6.07) is 12.1. The van der Waals surface area contributed by atoms with Crippen LogP contribution in [0.25, 0.3) is 0 Å². The van der Waals surface area contributed by atoms with Crippen LogP contribution >= 0.6 is 0 Å². The number of carbonyl (C=O) groups excluding carboxylic acids is 1. The van der Waals surface area contributed by atoms with E-state index in [0.29, 0.717) is 6.42 Å². The number of Topliss-reactive ketones (excluding diaryl/α,β-unsaturated/α-hetero) is 1. The number of unbranched alkanes of at least 4 members (excludes halogenated alkanes) is 8. The van der Waals surface area contributed by atoms with Crippen LogP contribution in [0.15, 0.2) is 48.8 Å². The van der Waals surface area contributed by atoms with Crippen molar-refractivity contribution in [3.05, 3.63) is 59.9 Å². The molecule has 0 aliphatic carbocycles. The fourth-order valence-electron chi connectivity index (χ4n) is 4.08. The third-order valence-electron chi connectivity index (χ3n) is 5.75. The molecule has 29 heavy (non-hydrogen) atoms. The number of hydrogen-bond acceptors (Lipinski definition) is 2. The number of carbonyl (C=O) groups is 1. The van der Waals surface area contributed by atoms with Crippen molar-refractivity contribution in [3.63, 3.8) is 0 Å². The zero-order chi connectivity index (χ0) is 19.6. The molecule has 3 nitrogen and oxygen atoms in total. The van der Waals surface area contributed by atoms with Gasteiger partial charge in [0.05, 0.1) is 6.04 Å². The third-order valence-corrected chi connectivity index (χ3v) is 5.75. The Balaban J connectivity index is 0.00000300. The molecular weight excluding hydrogens is 424 g/mol. The van der Waals surface area contributed by atoms with Gasteiger partial charge in [-0.2, -0.15) is 0 Å².